The fourth-order valence-electron chi connectivity index (χ4n) is 1.93. The number of non-ortho nitro benzene ring substituents is 1. The van der Waals surface area contributed by atoms with Crippen molar-refractivity contribution in [3.8, 4) is 0 Å². The Morgan fingerprint density at radius 3 is 2.42 bits per heavy atom. The van der Waals surface area contributed by atoms with Crippen LogP contribution in [0.2, 0.25) is 0 Å². The number of halogens is 2. The van der Waals surface area contributed by atoms with Crippen LogP contribution in [0.5, 0.6) is 0 Å². The van der Waals surface area contributed by atoms with Crippen molar-refractivity contribution in [2.24, 2.45) is 5.10 Å². The quantitative estimate of drug-likeness (QED) is 0.165. The van der Waals surface area contributed by atoms with E-state index < -0.39 is 4.92 Å². The molecule has 2 rings (SSSR count). The average molecular weight is 596 g/mol. The number of nitro benzene ring substituents is 1. The fraction of sp³-hybridized carbons (Fsp3) is 0.125. The van der Waals surface area contributed by atoms with Gasteiger partial charge in [0.25, 0.3) is 5.69 Å². The van der Waals surface area contributed by atoms with Crippen LogP contribution in [-0.4, -0.2) is 29.8 Å². The van der Waals surface area contributed by atoms with E-state index in [1.807, 2.05) is 19.2 Å². The molecule has 0 bridgehead atoms. The summed E-state index contributed by atoms with van der Waals surface area (Å²) >= 11 is 5.77. The normalized spacial score (nSPS) is 10.7. The molecule has 7 nitrogen and oxygen atoms in total. The predicted molar refractivity (Wildman–Crippen MR) is 121 cm³/mol. The van der Waals surface area contributed by atoms with Crippen molar-refractivity contribution in [3.05, 3.63) is 59.2 Å². The van der Waals surface area contributed by atoms with Crippen LogP contribution in [0.1, 0.15) is 5.56 Å². The van der Waals surface area contributed by atoms with Crippen LogP contribution in [0.3, 0.4) is 0 Å². The van der Waals surface area contributed by atoms with Gasteiger partial charge in [0.15, 0.2) is 0 Å². The third-order valence-electron chi connectivity index (χ3n) is 3.13. The number of carbonyl (C=O) groups is 1. The van der Waals surface area contributed by atoms with E-state index in [4.69, 9.17) is 0 Å². The number of nitrogens with zero attached hydrogens (tertiary/aromatic N) is 2. The van der Waals surface area contributed by atoms with Crippen molar-refractivity contribution in [2.75, 3.05) is 18.1 Å². The Bertz CT molecular complexity index is 821. The summed E-state index contributed by atoms with van der Waals surface area (Å²) in [5.41, 5.74) is 4.46. The first-order chi connectivity index (χ1) is 12.4. The topological polar surface area (TPSA) is 96.6 Å². The van der Waals surface area contributed by atoms with Crippen LogP contribution in [0.4, 0.5) is 11.4 Å². The lowest BCUT2D eigenvalue weighted by Gasteiger charge is -2.07. The van der Waals surface area contributed by atoms with E-state index in [0.717, 1.165) is 23.3 Å². The Balaban J connectivity index is 1.86. The first-order valence-corrected chi connectivity index (χ1v) is 10.4. The molecule has 0 aliphatic heterocycles. The second-order valence-electron chi connectivity index (χ2n) is 4.94. The van der Waals surface area contributed by atoms with Gasteiger partial charge in [-0.1, -0.05) is 0 Å². The molecule has 26 heavy (non-hydrogen) atoms. The van der Waals surface area contributed by atoms with Gasteiger partial charge < -0.3 is 5.32 Å². The standard InChI is InChI=1S/C16H14I2N4O3S/c1-19-16-13(17)6-10(7-14(16)18)8-20-21-15(23)9-26-12-4-2-11(3-5-12)22(24)25/h2-8,19H,9H2,1H3,(H,21,23)/b20-8-. The van der Waals surface area contributed by atoms with Crippen LogP contribution in [0.15, 0.2) is 46.4 Å². The van der Waals surface area contributed by atoms with E-state index in [9.17, 15) is 14.9 Å². The molecular weight excluding hydrogens is 582 g/mol. The number of amides is 1. The molecule has 2 aromatic carbocycles. The Morgan fingerprint density at radius 1 is 1.27 bits per heavy atom. The zero-order valence-electron chi connectivity index (χ0n) is 13.5. The lowest BCUT2D eigenvalue weighted by molar-refractivity contribution is -0.384. The van der Waals surface area contributed by atoms with Gasteiger partial charge in [-0.15, -0.1) is 11.8 Å². The third kappa shape index (κ3) is 6.09. The van der Waals surface area contributed by atoms with Gasteiger partial charge in [-0.3, -0.25) is 14.9 Å². The molecule has 0 saturated heterocycles. The molecule has 0 saturated carbocycles. The number of benzene rings is 2. The Hall–Kier alpha value is -1.41. The predicted octanol–water partition coefficient (Wildman–Crippen LogP) is 4.09. The minimum absolute atomic E-state index is 0.0250. The highest BCUT2D eigenvalue weighted by Gasteiger charge is 2.07. The Labute approximate surface area is 181 Å². The molecule has 0 fully saturated rings. The van der Waals surface area contributed by atoms with Crippen LogP contribution >= 0.6 is 56.9 Å². The number of hydrazone groups is 1. The second kappa shape index (κ2) is 10.1. The lowest BCUT2D eigenvalue weighted by Crippen LogP contribution is -2.19. The molecule has 0 radical (unpaired) electrons. The second-order valence-corrected chi connectivity index (χ2v) is 8.32. The number of carbonyl (C=O) groups excluding carboxylic acids is 1. The fourth-order valence-corrected chi connectivity index (χ4v) is 4.98. The van der Waals surface area contributed by atoms with Gasteiger partial charge in [0, 0.05) is 31.2 Å². The van der Waals surface area contributed by atoms with E-state index in [2.05, 4.69) is 61.0 Å². The average Bonchev–Trinajstić information content (AvgIpc) is 2.60. The summed E-state index contributed by atoms with van der Waals surface area (Å²) in [5.74, 6) is -0.0797. The minimum atomic E-state index is -0.457. The highest BCUT2D eigenvalue weighted by atomic mass is 127. The van der Waals surface area contributed by atoms with Crippen LogP contribution in [-0.2, 0) is 4.79 Å². The molecule has 2 N–H and O–H groups in total. The van der Waals surface area contributed by atoms with Crippen molar-refractivity contribution < 1.29 is 9.72 Å². The first-order valence-electron chi connectivity index (χ1n) is 7.26. The van der Waals surface area contributed by atoms with Crippen LogP contribution in [0.25, 0.3) is 0 Å². The molecule has 0 unspecified atom stereocenters. The molecule has 0 atom stereocenters. The molecule has 10 heteroatoms. The van der Waals surface area contributed by atoms with Crippen LogP contribution < -0.4 is 10.7 Å². The maximum atomic E-state index is 11.8. The number of rotatable bonds is 7. The van der Waals surface area contributed by atoms with Crippen molar-refractivity contribution in [1.29, 1.82) is 0 Å². The van der Waals surface area contributed by atoms with Gasteiger partial charge >= 0.3 is 0 Å². The van der Waals surface area contributed by atoms with E-state index in [-0.39, 0.29) is 17.3 Å². The summed E-state index contributed by atoms with van der Waals surface area (Å²) in [6.45, 7) is 0. The molecule has 0 aliphatic rings. The Kier molecular flexibility index (Phi) is 8.09. The summed E-state index contributed by atoms with van der Waals surface area (Å²) in [7, 11) is 1.87. The maximum Gasteiger partial charge on any atom is 0.269 e. The summed E-state index contributed by atoms with van der Waals surface area (Å²) in [6.07, 6.45) is 1.60. The summed E-state index contributed by atoms with van der Waals surface area (Å²) in [6, 6.07) is 10.00. The zero-order chi connectivity index (χ0) is 19.1. The number of nitro groups is 1. The van der Waals surface area contributed by atoms with E-state index in [1.165, 1.54) is 23.9 Å². The smallest absolute Gasteiger partial charge is 0.269 e. The van der Waals surface area contributed by atoms with Gasteiger partial charge in [0.2, 0.25) is 5.91 Å². The highest BCUT2D eigenvalue weighted by Crippen LogP contribution is 2.25. The first kappa shape index (κ1) is 20.9. The van der Waals surface area contributed by atoms with Gasteiger partial charge in [-0.05, 0) is 75.0 Å². The number of hydrogen-bond donors (Lipinski definition) is 2. The number of thioether (sulfide) groups is 1. The van der Waals surface area contributed by atoms with Crippen molar-refractivity contribution in [3.63, 3.8) is 0 Å². The minimum Gasteiger partial charge on any atom is -0.386 e. The molecule has 2 aromatic rings. The van der Waals surface area contributed by atoms with Gasteiger partial charge in [-0.2, -0.15) is 5.10 Å². The molecule has 0 aromatic heterocycles. The third-order valence-corrected chi connectivity index (χ3v) is 5.85. The summed E-state index contributed by atoms with van der Waals surface area (Å²) in [4.78, 5) is 22.8. The largest absolute Gasteiger partial charge is 0.386 e. The lowest BCUT2D eigenvalue weighted by atomic mass is 10.2. The van der Waals surface area contributed by atoms with E-state index in [0.29, 0.717) is 0 Å². The van der Waals surface area contributed by atoms with E-state index >= 15 is 0 Å². The monoisotopic (exact) mass is 596 g/mol. The van der Waals surface area contributed by atoms with Crippen molar-refractivity contribution in [2.45, 2.75) is 4.90 Å². The Morgan fingerprint density at radius 2 is 1.88 bits per heavy atom. The molecule has 0 spiro atoms. The highest BCUT2D eigenvalue weighted by molar-refractivity contribution is 14.1. The molecule has 0 heterocycles. The van der Waals surface area contributed by atoms with Gasteiger partial charge in [-0.25, -0.2) is 5.43 Å². The zero-order valence-corrected chi connectivity index (χ0v) is 18.7. The molecular formula is C16H14I2N4O3S. The van der Waals surface area contributed by atoms with E-state index in [1.54, 1.807) is 18.3 Å². The molecule has 136 valence electrons. The summed E-state index contributed by atoms with van der Waals surface area (Å²) < 4.78 is 2.14. The molecule has 0 aliphatic carbocycles. The maximum absolute atomic E-state index is 11.8. The molecule has 1 amide bonds. The van der Waals surface area contributed by atoms with Crippen molar-refractivity contribution in [1.82, 2.24) is 5.43 Å². The number of nitrogens with one attached hydrogen (secondary N) is 2. The summed E-state index contributed by atoms with van der Waals surface area (Å²) in [5, 5.41) is 17.7. The van der Waals surface area contributed by atoms with Gasteiger partial charge in [0.1, 0.15) is 0 Å². The number of hydrogen-bond acceptors (Lipinski definition) is 6. The number of anilines is 1. The SMILES string of the molecule is CNc1c(I)cc(/C=N\NC(=O)CSc2ccc([N+](=O)[O-])cc2)cc1I. The van der Waals surface area contributed by atoms with Crippen molar-refractivity contribution >= 4 is 80.4 Å². The van der Waals surface area contributed by atoms with Gasteiger partial charge in [0.05, 0.1) is 22.6 Å². The van der Waals surface area contributed by atoms with Crippen LogP contribution in [0, 0.1) is 17.3 Å².